The molecule has 0 bridgehead atoms. The molecule has 2 aromatic carbocycles. The Bertz CT molecular complexity index is 787. The lowest BCUT2D eigenvalue weighted by Gasteiger charge is -2.38. The second kappa shape index (κ2) is 7.23. The molecule has 2 atom stereocenters. The summed E-state index contributed by atoms with van der Waals surface area (Å²) in [6.07, 6.45) is 2.61. The van der Waals surface area contributed by atoms with Crippen molar-refractivity contribution in [1.29, 1.82) is 0 Å². The number of hydrogen-bond acceptors (Lipinski definition) is 2. The zero-order valence-corrected chi connectivity index (χ0v) is 15.7. The lowest BCUT2D eigenvalue weighted by atomic mass is 9.93. The van der Waals surface area contributed by atoms with Gasteiger partial charge in [0.05, 0.1) is 12.1 Å². The lowest BCUT2D eigenvalue weighted by molar-refractivity contribution is -0.141. The number of nitrogens with zero attached hydrogens (tertiary/aromatic N) is 2. The maximum absolute atomic E-state index is 12.9. The second-order valence-electron chi connectivity index (χ2n) is 7.03. The van der Waals surface area contributed by atoms with Gasteiger partial charge in [-0.05, 0) is 37.1 Å². The summed E-state index contributed by atoms with van der Waals surface area (Å²) >= 11 is 0. The Morgan fingerprint density at radius 1 is 0.778 bits per heavy atom. The summed E-state index contributed by atoms with van der Waals surface area (Å²) in [5.41, 5.74) is 1.08. The van der Waals surface area contributed by atoms with Crippen molar-refractivity contribution in [1.82, 2.24) is 9.80 Å². The Morgan fingerprint density at radius 2 is 1.11 bits per heavy atom. The predicted molar refractivity (Wildman–Crippen MR) is 107 cm³/mol. The van der Waals surface area contributed by atoms with Crippen LogP contribution in [-0.2, 0) is 9.59 Å². The van der Waals surface area contributed by atoms with Crippen LogP contribution in [0.4, 0.5) is 0 Å². The molecule has 0 unspecified atom stereocenters. The van der Waals surface area contributed by atoms with Gasteiger partial charge in [0, 0.05) is 0 Å². The first kappa shape index (κ1) is 18.6. The number of hydrogen-bond donors (Lipinski definition) is 0. The molecule has 0 saturated carbocycles. The van der Waals surface area contributed by atoms with E-state index < -0.39 is 5.66 Å². The van der Waals surface area contributed by atoms with Gasteiger partial charge >= 0.3 is 0 Å². The fourth-order valence-electron chi connectivity index (χ4n) is 4.05. The number of rotatable bonds is 4. The van der Waals surface area contributed by atoms with E-state index in [0.717, 1.165) is 11.1 Å². The van der Waals surface area contributed by atoms with Gasteiger partial charge in [-0.3, -0.25) is 9.59 Å². The first-order chi connectivity index (χ1) is 12.9. The van der Waals surface area contributed by atoms with Crippen molar-refractivity contribution in [2.75, 3.05) is 0 Å². The molecule has 138 valence electrons. The quantitative estimate of drug-likeness (QED) is 0.765. The highest BCUT2D eigenvalue weighted by molar-refractivity contribution is 5.92. The molecular formula is C23H24N2O2. The zero-order valence-electron chi connectivity index (χ0n) is 15.7. The van der Waals surface area contributed by atoms with E-state index >= 15 is 0 Å². The Hall–Kier alpha value is -3.14. The molecule has 0 aliphatic carbocycles. The number of carbonyl (C=O) groups is 2. The SMILES string of the molecule is C=CC(=O)N1[C@@H](c2ccccc2)[C@H](c2ccccc2)N(C(=O)C=C)C1(C)C. The average molecular weight is 360 g/mol. The van der Waals surface area contributed by atoms with E-state index in [9.17, 15) is 9.59 Å². The van der Waals surface area contributed by atoms with Crippen LogP contribution in [0.3, 0.4) is 0 Å². The fourth-order valence-corrected chi connectivity index (χ4v) is 4.05. The van der Waals surface area contributed by atoms with E-state index in [-0.39, 0.29) is 23.9 Å². The van der Waals surface area contributed by atoms with E-state index in [0.29, 0.717) is 0 Å². The lowest BCUT2D eigenvalue weighted by Crippen LogP contribution is -2.52. The standard InChI is InChI=1S/C23H24N2O2/c1-5-19(26)24-21(17-13-9-7-10-14-17)22(18-15-11-8-12-16-18)25(20(27)6-2)23(24,3)4/h5-16,21-22H,1-2H2,3-4H3/t21-,22-/m0/s1. The Labute approximate surface area is 160 Å². The first-order valence-electron chi connectivity index (χ1n) is 8.94. The van der Waals surface area contributed by atoms with E-state index in [1.54, 1.807) is 9.80 Å². The fraction of sp³-hybridized carbons (Fsp3) is 0.217. The molecule has 0 radical (unpaired) electrons. The summed E-state index contributed by atoms with van der Waals surface area (Å²) in [7, 11) is 0. The van der Waals surface area contributed by atoms with Crippen LogP contribution in [0.2, 0.25) is 0 Å². The summed E-state index contributed by atoms with van der Waals surface area (Å²) in [6, 6.07) is 18.9. The third kappa shape index (κ3) is 3.08. The molecule has 1 saturated heterocycles. The minimum absolute atomic E-state index is 0.214. The molecule has 3 rings (SSSR count). The van der Waals surface area contributed by atoms with Crippen molar-refractivity contribution >= 4 is 11.8 Å². The minimum atomic E-state index is -0.850. The van der Waals surface area contributed by atoms with Gasteiger partial charge in [0.1, 0.15) is 5.66 Å². The van der Waals surface area contributed by atoms with Crippen LogP contribution in [0, 0.1) is 0 Å². The van der Waals surface area contributed by atoms with E-state index in [1.165, 1.54) is 12.2 Å². The Kier molecular flexibility index (Phi) is 5.00. The molecule has 0 aromatic heterocycles. The summed E-state index contributed by atoms with van der Waals surface area (Å²) in [4.78, 5) is 29.3. The van der Waals surface area contributed by atoms with Crippen molar-refractivity contribution in [2.45, 2.75) is 31.6 Å². The highest BCUT2D eigenvalue weighted by atomic mass is 16.2. The molecule has 2 aromatic rings. The summed E-state index contributed by atoms with van der Waals surface area (Å²) < 4.78 is 0. The molecule has 1 aliphatic rings. The molecule has 1 aliphatic heterocycles. The maximum Gasteiger partial charge on any atom is 0.248 e. The smallest absolute Gasteiger partial charge is 0.248 e. The molecule has 4 nitrogen and oxygen atoms in total. The number of benzene rings is 2. The highest BCUT2D eigenvalue weighted by Crippen LogP contribution is 2.51. The van der Waals surface area contributed by atoms with Crippen molar-refractivity contribution in [2.24, 2.45) is 0 Å². The normalized spacial score (nSPS) is 21.0. The molecule has 1 heterocycles. The molecule has 4 heteroatoms. The molecule has 27 heavy (non-hydrogen) atoms. The van der Waals surface area contributed by atoms with Crippen LogP contribution < -0.4 is 0 Å². The largest absolute Gasteiger partial charge is 0.307 e. The van der Waals surface area contributed by atoms with Gasteiger partial charge in [0.25, 0.3) is 0 Å². The summed E-state index contributed by atoms with van der Waals surface area (Å²) in [5.74, 6) is -0.428. The van der Waals surface area contributed by atoms with E-state index in [4.69, 9.17) is 0 Å². The zero-order chi connectivity index (χ0) is 19.6. The van der Waals surface area contributed by atoms with Crippen LogP contribution in [0.1, 0.15) is 37.1 Å². The van der Waals surface area contributed by atoms with Gasteiger partial charge in [0.15, 0.2) is 0 Å². The van der Waals surface area contributed by atoms with Crippen LogP contribution >= 0.6 is 0 Å². The van der Waals surface area contributed by atoms with Gasteiger partial charge in [-0.15, -0.1) is 0 Å². The molecule has 0 spiro atoms. The second-order valence-corrected chi connectivity index (χ2v) is 7.03. The van der Waals surface area contributed by atoms with E-state index in [1.807, 2.05) is 74.5 Å². The monoisotopic (exact) mass is 360 g/mol. The van der Waals surface area contributed by atoms with Gasteiger partial charge in [-0.25, -0.2) is 0 Å². The Balaban J connectivity index is 2.29. The maximum atomic E-state index is 12.9. The topological polar surface area (TPSA) is 40.6 Å². The van der Waals surface area contributed by atoms with Crippen LogP contribution in [0.25, 0.3) is 0 Å². The first-order valence-corrected chi connectivity index (χ1v) is 8.94. The van der Waals surface area contributed by atoms with Crippen molar-refractivity contribution in [3.05, 3.63) is 97.1 Å². The predicted octanol–water partition coefficient (Wildman–Crippen LogP) is 4.25. The molecular weight excluding hydrogens is 336 g/mol. The average Bonchev–Trinajstić information content (AvgIpc) is 2.95. The van der Waals surface area contributed by atoms with Gasteiger partial charge in [-0.2, -0.15) is 0 Å². The third-order valence-corrected chi connectivity index (χ3v) is 5.14. The van der Waals surface area contributed by atoms with Gasteiger partial charge < -0.3 is 9.80 Å². The minimum Gasteiger partial charge on any atom is -0.307 e. The highest BCUT2D eigenvalue weighted by Gasteiger charge is 2.55. The molecule has 1 fully saturated rings. The van der Waals surface area contributed by atoms with Gasteiger partial charge in [-0.1, -0.05) is 73.8 Å². The summed E-state index contributed by atoms with van der Waals surface area (Å²) in [5, 5.41) is 0. The molecule has 2 amide bonds. The van der Waals surface area contributed by atoms with Gasteiger partial charge in [0.2, 0.25) is 11.8 Å². The van der Waals surface area contributed by atoms with Crippen LogP contribution in [0.15, 0.2) is 86.0 Å². The number of carbonyl (C=O) groups excluding carboxylic acids is 2. The van der Waals surface area contributed by atoms with Crippen molar-refractivity contribution < 1.29 is 9.59 Å². The van der Waals surface area contributed by atoms with Crippen LogP contribution in [0.5, 0.6) is 0 Å². The van der Waals surface area contributed by atoms with Crippen LogP contribution in [-0.4, -0.2) is 27.3 Å². The van der Waals surface area contributed by atoms with Crippen molar-refractivity contribution in [3.63, 3.8) is 0 Å². The molecule has 0 N–H and O–H groups in total. The van der Waals surface area contributed by atoms with Crippen molar-refractivity contribution in [3.8, 4) is 0 Å². The third-order valence-electron chi connectivity index (χ3n) is 5.14. The van der Waals surface area contributed by atoms with E-state index in [2.05, 4.69) is 13.2 Å². The Morgan fingerprint density at radius 3 is 1.41 bits per heavy atom. The summed E-state index contributed by atoms with van der Waals surface area (Å²) in [6.45, 7) is 11.1. The number of amides is 2.